The van der Waals surface area contributed by atoms with Gasteiger partial charge in [0.05, 0.1) is 6.54 Å². The number of ether oxygens (including phenoxy) is 2. The Morgan fingerprint density at radius 3 is 2.94 bits per heavy atom. The highest BCUT2D eigenvalue weighted by molar-refractivity contribution is 5.63. The molecule has 2 heterocycles. The number of nitrogens with zero attached hydrogens (tertiary/aromatic N) is 1. The Hall–Kier alpha value is -2.01. The van der Waals surface area contributed by atoms with Gasteiger partial charge in [0, 0.05) is 5.56 Å². The van der Waals surface area contributed by atoms with Gasteiger partial charge in [0.2, 0.25) is 12.7 Å². The van der Waals surface area contributed by atoms with Crippen LogP contribution >= 0.6 is 0 Å². The van der Waals surface area contributed by atoms with Crippen LogP contribution in [0.15, 0.2) is 28.9 Å². The van der Waals surface area contributed by atoms with Crippen molar-refractivity contribution in [2.24, 2.45) is 5.73 Å². The lowest BCUT2D eigenvalue weighted by atomic mass is 10.1. The van der Waals surface area contributed by atoms with Crippen molar-refractivity contribution in [1.82, 2.24) is 4.98 Å². The number of hydrogen-bond donors (Lipinski definition) is 1. The Balaban J connectivity index is 2.00. The first kappa shape index (κ1) is 9.23. The molecule has 0 aliphatic carbocycles. The first-order valence-electron chi connectivity index (χ1n) is 4.91. The van der Waals surface area contributed by atoms with E-state index in [1.807, 2.05) is 18.2 Å². The molecule has 16 heavy (non-hydrogen) atoms. The van der Waals surface area contributed by atoms with Gasteiger partial charge >= 0.3 is 0 Å². The van der Waals surface area contributed by atoms with Gasteiger partial charge in [-0.05, 0) is 18.2 Å². The minimum Gasteiger partial charge on any atom is -0.454 e. The summed E-state index contributed by atoms with van der Waals surface area (Å²) in [7, 11) is 0. The fourth-order valence-corrected chi connectivity index (χ4v) is 1.59. The fourth-order valence-electron chi connectivity index (χ4n) is 1.59. The van der Waals surface area contributed by atoms with Crippen LogP contribution in [0.25, 0.3) is 11.3 Å². The summed E-state index contributed by atoms with van der Waals surface area (Å²) in [5.74, 6) is 2.01. The zero-order chi connectivity index (χ0) is 11.0. The third-order valence-corrected chi connectivity index (χ3v) is 2.39. The standard InChI is InChI=1S/C11H10N2O3/c12-4-11-13-8(5-14-11)7-1-2-9-10(3-7)16-6-15-9/h1-3,5H,4,6,12H2. The molecular weight excluding hydrogens is 208 g/mol. The Morgan fingerprint density at radius 2 is 2.12 bits per heavy atom. The van der Waals surface area contributed by atoms with E-state index in [-0.39, 0.29) is 6.79 Å². The van der Waals surface area contributed by atoms with Crippen molar-refractivity contribution in [3.8, 4) is 22.8 Å². The number of aromatic nitrogens is 1. The van der Waals surface area contributed by atoms with Gasteiger partial charge in [-0.3, -0.25) is 0 Å². The van der Waals surface area contributed by atoms with E-state index in [2.05, 4.69) is 4.98 Å². The molecule has 82 valence electrons. The summed E-state index contributed by atoms with van der Waals surface area (Å²) < 4.78 is 15.7. The average Bonchev–Trinajstić information content (AvgIpc) is 2.96. The topological polar surface area (TPSA) is 70.5 Å². The van der Waals surface area contributed by atoms with Crippen molar-refractivity contribution in [2.75, 3.05) is 6.79 Å². The van der Waals surface area contributed by atoms with E-state index in [0.717, 1.165) is 22.8 Å². The molecule has 2 aromatic rings. The van der Waals surface area contributed by atoms with Crippen molar-refractivity contribution >= 4 is 0 Å². The van der Waals surface area contributed by atoms with Crippen molar-refractivity contribution in [3.63, 3.8) is 0 Å². The maximum atomic E-state index is 5.43. The van der Waals surface area contributed by atoms with Gasteiger partial charge in [-0.15, -0.1) is 0 Å². The molecular formula is C11H10N2O3. The lowest BCUT2D eigenvalue weighted by molar-refractivity contribution is 0.174. The summed E-state index contributed by atoms with van der Waals surface area (Å²) in [5.41, 5.74) is 7.10. The fraction of sp³-hybridized carbons (Fsp3) is 0.182. The molecule has 1 aromatic carbocycles. The number of rotatable bonds is 2. The molecule has 0 saturated carbocycles. The highest BCUT2D eigenvalue weighted by atomic mass is 16.7. The number of benzene rings is 1. The van der Waals surface area contributed by atoms with Crippen LogP contribution < -0.4 is 15.2 Å². The van der Waals surface area contributed by atoms with Gasteiger partial charge in [-0.1, -0.05) is 0 Å². The monoisotopic (exact) mass is 218 g/mol. The zero-order valence-corrected chi connectivity index (χ0v) is 8.47. The third-order valence-electron chi connectivity index (χ3n) is 2.39. The molecule has 3 rings (SSSR count). The summed E-state index contributed by atoms with van der Waals surface area (Å²) in [5, 5.41) is 0. The van der Waals surface area contributed by atoms with Crippen LogP contribution in [0.2, 0.25) is 0 Å². The summed E-state index contributed by atoms with van der Waals surface area (Å²) in [4.78, 5) is 4.24. The zero-order valence-electron chi connectivity index (χ0n) is 8.47. The van der Waals surface area contributed by atoms with Crippen LogP contribution in [0.3, 0.4) is 0 Å². The summed E-state index contributed by atoms with van der Waals surface area (Å²) in [6.45, 7) is 0.566. The lowest BCUT2D eigenvalue weighted by Gasteiger charge is -1.98. The van der Waals surface area contributed by atoms with Crippen LogP contribution in [0.5, 0.6) is 11.5 Å². The molecule has 1 aromatic heterocycles. The van der Waals surface area contributed by atoms with Crippen LogP contribution in [0, 0.1) is 0 Å². The second-order valence-electron chi connectivity index (χ2n) is 3.40. The molecule has 5 nitrogen and oxygen atoms in total. The molecule has 0 bridgehead atoms. The molecule has 0 amide bonds. The summed E-state index contributed by atoms with van der Waals surface area (Å²) >= 11 is 0. The maximum Gasteiger partial charge on any atom is 0.231 e. The minimum atomic E-state index is 0.269. The Kier molecular flexibility index (Phi) is 2.04. The van der Waals surface area contributed by atoms with Gasteiger partial charge in [0.25, 0.3) is 0 Å². The highest BCUT2D eigenvalue weighted by Gasteiger charge is 2.15. The first-order valence-corrected chi connectivity index (χ1v) is 4.91. The van der Waals surface area contributed by atoms with Crippen molar-refractivity contribution in [3.05, 3.63) is 30.4 Å². The highest BCUT2D eigenvalue weighted by Crippen LogP contribution is 2.35. The van der Waals surface area contributed by atoms with E-state index in [1.54, 1.807) is 6.26 Å². The average molecular weight is 218 g/mol. The van der Waals surface area contributed by atoms with E-state index in [9.17, 15) is 0 Å². The quantitative estimate of drug-likeness (QED) is 0.827. The SMILES string of the molecule is NCc1nc(-c2ccc3c(c2)OCO3)co1. The molecule has 0 saturated heterocycles. The molecule has 1 aliphatic heterocycles. The number of oxazole rings is 1. The Bertz CT molecular complexity index is 522. The molecule has 0 unspecified atom stereocenters. The number of fused-ring (bicyclic) bond motifs is 1. The van der Waals surface area contributed by atoms with Gasteiger partial charge in [0.1, 0.15) is 12.0 Å². The lowest BCUT2D eigenvalue weighted by Crippen LogP contribution is -1.95. The van der Waals surface area contributed by atoms with Crippen LogP contribution in [0.1, 0.15) is 5.89 Å². The van der Waals surface area contributed by atoms with E-state index in [4.69, 9.17) is 19.6 Å². The predicted molar refractivity (Wildman–Crippen MR) is 56.0 cm³/mol. The molecule has 0 radical (unpaired) electrons. The predicted octanol–water partition coefficient (Wildman–Crippen LogP) is 1.53. The first-order chi connectivity index (χ1) is 7.86. The number of hydrogen-bond acceptors (Lipinski definition) is 5. The minimum absolute atomic E-state index is 0.269. The van der Waals surface area contributed by atoms with Gasteiger partial charge in [-0.2, -0.15) is 0 Å². The van der Waals surface area contributed by atoms with E-state index < -0.39 is 0 Å². The third kappa shape index (κ3) is 1.42. The van der Waals surface area contributed by atoms with E-state index >= 15 is 0 Å². The second kappa shape index (κ2) is 3.53. The van der Waals surface area contributed by atoms with Gasteiger partial charge < -0.3 is 19.6 Å². The van der Waals surface area contributed by atoms with Gasteiger partial charge in [-0.25, -0.2) is 4.98 Å². The smallest absolute Gasteiger partial charge is 0.231 e. The molecule has 0 atom stereocenters. The Morgan fingerprint density at radius 1 is 1.25 bits per heavy atom. The van der Waals surface area contributed by atoms with Crippen LogP contribution in [-0.4, -0.2) is 11.8 Å². The normalized spacial score (nSPS) is 13.1. The van der Waals surface area contributed by atoms with Crippen LogP contribution in [0.4, 0.5) is 0 Å². The van der Waals surface area contributed by atoms with Crippen molar-refractivity contribution in [2.45, 2.75) is 6.54 Å². The molecule has 1 aliphatic rings. The largest absolute Gasteiger partial charge is 0.454 e. The second-order valence-corrected chi connectivity index (χ2v) is 3.40. The van der Waals surface area contributed by atoms with Crippen molar-refractivity contribution < 1.29 is 13.9 Å². The summed E-state index contributed by atoms with van der Waals surface area (Å²) in [6, 6.07) is 5.64. The Labute approximate surface area is 91.8 Å². The molecule has 0 spiro atoms. The molecule has 5 heteroatoms. The van der Waals surface area contributed by atoms with E-state index in [0.29, 0.717) is 12.4 Å². The van der Waals surface area contributed by atoms with Crippen LogP contribution in [-0.2, 0) is 6.54 Å². The van der Waals surface area contributed by atoms with E-state index in [1.165, 1.54) is 0 Å². The molecule has 0 fully saturated rings. The number of nitrogens with two attached hydrogens (primary N) is 1. The van der Waals surface area contributed by atoms with Crippen molar-refractivity contribution in [1.29, 1.82) is 0 Å². The molecule has 2 N–H and O–H groups in total. The van der Waals surface area contributed by atoms with Gasteiger partial charge in [0.15, 0.2) is 11.5 Å². The maximum absolute atomic E-state index is 5.43. The summed E-state index contributed by atoms with van der Waals surface area (Å²) in [6.07, 6.45) is 1.58.